The van der Waals surface area contributed by atoms with Crippen LogP contribution in [0.2, 0.25) is 5.15 Å². The Hall–Kier alpha value is 0.0600. The monoisotopic (exact) mass is 422 g/mol. The smallest absolute Gasteiger partial charge is 0.162 e. The minimum absolute atomic E-state index is 0.351. The molecule has 0 radical (unpaired) electrons. The highest BCUT2D eigenvalue weighted by molar-refractivity contribution is 14.1. The molecule has 0 unspecified atom stereocenters. The van der Waals surface area contributed by atoms with E-state index in [1.165, 1.54) is 25.7 Å². The topological polar surface area (TPSA) is 35.0 Å². The van der Waals surface area contributed by atoms with Gasteiger partial charge in [0.25, 0.3) is 0 Å². The summed E-state index contributed by atoms with van der Waals surface area (Å²) in [4.78, 5) is 9.42. The van der Waals surface area contributed by atoms with Gasteiger partial charge in [0.1, 0.15) is 10.8 Å². The summed E-state index contributed by atoms with van der Waals surface area (Å²) in [5.74, 6) is 1.33. The summed E-state index contributed by atoms with van der Waals surface area (Å²) in [5.41, 5.74) is 0.706. The largest absolute Gasteiger partial charge is 0.370 e. The normalized spacial score (nSPS) is 18.8. The Kier molecular flexibility index (Phi) is 6.26. The second-order valence-corrected chi connectivity index (χ2v) is 7.75. The van der Waals surface area contributed by atoms with Gasteiger partial charge in [0.15, 0.2) is 5.82 Å². The molecule has 0 aromatic carbocycles. The van der Waals surface area contributed by atoms with Gasteiger partial charge in [-0.15, -0.1) is 0 Å². The molecular formula is C16H24ClIN2O. The van der Waals surface area contributed by atoms with Crippen molar-refractivity contribution in [3.8, 4) is 0 Å². The molecule has 0 spiro atoms. The maximum atomic E-state index is 6.37. The average Bonchev–Trinajstić information content (AvgIpc) is 2.69. The molecule has 1 heterocycles. The Balaban J connectivity index is 2.43. The van der Waals surface area contributed by atoms with Crippen LogP contribution in [0, 0.1) is 9.49 Å². The quantitative estimate of drug-likeness (QED) is 0.383. The van der Waals surface area contributed by atoms with Crippen molar-refractivity contribution in [3.05, 3.63) is 20.2 Å². The van der Waals surface area contributed by atoms with E-state index in [1.54, 1.807) is 7.11 Å². The number of rotatable bonds is 4. The number of halogens is 2. The summed E-state index contributed by atoms with van der Waals surface area (Å²) in [7, 11) is 1.78. The zero-order valence-electron chi connectivity index (χ0n) is 13.1. The predicted molar refractivity (Wildman–Crippen MR) is 94.7 cm³/mol. The van der Waals surface area contributed by atoms with Crippen LogP contribution in [-0.4, -0.2) is 17.1 Å². The molecule has 0 atom stereocenters. The zero-order chi connectivity index (χ0) is 15.5. The summed E-state index contributed by atoms with van der Waals surface area (Å²) in [6, 6.07) is 0. The van der Waals surface area contributed by atoms with Gasteiger partial charge < -0.3 is 4.74 Å². The number of ether oxygens (including phenoxy) is 1. The average molecular weight is 423 g/mol. The van der Waals surface area contributed by atoms with Gasteiger partial charge in [-0.25, -0.2) is 9.97 Å². The molecule has 0 aliphatic heterocycles. The molecule has 1 aromatic heterocycles. The first kappa shape index (κ1) is 17.4. The number of hydrogen-bond donors (Lipinski definition) is 0. The molecule has 0 N–H and O–H groups in total. The Bertz CT molecular complexity index is 485. The van der Waals surface area contributed by atoms with Gasteiger partial charge in [0, 0.05) is 7.11 Å². The lowest BCUT2D eigenvalue weighted by Gasteiger charge is -2.30. The Morgan fingerprint density at radius 2 is 1.81 bits per heavy atom. The maximum absolute atomic E-state index is 6.37. The third-order valence-corrected chi connectivity index (χ3v) is 5.92. The van der Waals surface area contributed by atoms with Crippen molar-refractivity contribution < 1.29 is 4.74 Å². The van der Waals surface area contributed by atoms with Crippen LogP contribution in [0.4, 0.5) is 0 Å². The molecule has 0 bridgehead atoms. The van der Waals surface area contributed by atoms with Gasteiger partial charge in [-0.05, 0) is 47.8 Å². The number of methoxy groups -OCH3 is 1. The second kappa shape index (κ2) is 7.55. The van der Waals surface area contributed by atoms with Gasteiger partial charge in [-0.2, -0.15) is 0 Å². The van der Waals surface area contributed by atoms with Crippen LogP contribution in [0.1, 0.15) is 63.9 Å². The fourth-order valence-corrected chi connectivity index (χ4v) is 3.66. The lowest BCUT2D eigenvalue weighted by atomic mass is 9.93. The summed E-state index contributed by atoms with van der Waals surface area (Å²) in [5, 5.41) is 0.567. The molecule has 1 aliphatic carbocycles. The van der Waals surface area contributed by atoms with Crippen molar-refractivity contribution in [2.75, 3.05) is 7.11 Å². The first-order valence-electron chi connectivity index (χ1n) is 7.76. The minimum Gasteiger partial charge on any atom is -0.370 e. The predicted octanol–water partition coefficient (Wildman–Crippen LogP) is 5.13. The molecule has 5 heteroatoms. The molecule has 1 fully saturated rings. The van der Waals surface area contributed by atoms with E-state index in [-0.39, 0.29) is 5.60 Å². The van der Waals surface area contributed by atoms with Gasteiger partial charge in [0.05, 0.1) is 9.26 Å². The van der Waals surface area contributed by atoms with E-state index in [0.29, 0.717) is 11.1 Å². The third-order valence-electron chi connectivity index (χ3n) is 4.19. The van der Waals surface area contributed by atoms with Crippen LogP contribution in [0.15, 0.2) is 0 Å². The summed E-state index contributed by atoms with van der Waals surface area (Å²) in [6.45, 7) is 4.40. The van der Waals surface area contributed by atoms with Crippen molar-refractivity contribution in [1.29, 1.82) is 0 Å². The number of nitrogens with zero attached hydrogens (tertiary/aromatic N) is 2. The van der Waals surface area contributed by atoms with Gasteiger partial charge in [-0.3, -0.25) is 0 Å². The standard InChI is InChI=1S/C16H24ClIN2O/c1-11(2)10-12-13(18)14(17)20-15(19-12)16(21-3)8-6-4-5-7-9-16/h11H,4-10H2,1-3H3. The Morgan fingerprint density at radius 3 is 2.33 bits per heavy atom. The first-order chi connectivity index (χ1) is 9.98. The Morgan fingerprint density at radius 1 is 1.19 bits per heavy atom. The Labute approximate surface area is 146 Å². The van der Waals surface area contributed by atoms with E-state index in [2.05, 4.69) is 41.4 Å². The van der Waals surface area contributed by atoms with E-state index >= 15 is 0 Å². The van der Waals surface area contributed by atoms with E-state index in [4.69, 9.17) is 21.3 Å². The molecule has 1 saturated carbocycles. The van der Waals surface area contributed by atoms with E-state index < -0.39 is 0 Å². The fraction of sp³-hybridized carbons (Fsp3) is 0.750. The van der Waals surface area contributed by atoms with Gasteiger partial charge in [-0.1, -0.05) is 51.1 Å². The van der Waals surface area contributed by atoms with Crippen LogP contribution >= 0.6 is 34.2 Å². The van der Waals surface area contributed by atoms with Crippen molar-refractivity contribution in [2.45, 2.75) is 64.4 Å². The van der Waals surface area contributed by atoms with Crippen LogP contribution in [0.25, 0.3) is 0 Å². The van der Waals surface area contributed by atoms with Gasteiger partial charge >= 0.3 is 0 Å². The second-order valence-electron chi connectivity index (χ2n) is 6.31. The van der Waals surface area contributed by atoms with Crippen molar-refractivity contribution in [3.63, 3.8) is 0 Å². The van der Waals surface area contributed by atoms with E-state index in [9.17, 15) is 0 Å². The van der Waals surface area contributed by atoms with Crippen molar-refractivity contribution >= 4 is 34.2 Å². The van der Waals surface area contributed by atoms with Crippen LogP contribution in [-0.2, 0) is 16.8 Å². The zero-order valence-corrected chi connectivity index (χ0v) is 16.0. The lowest BCUT2D eigenvalue weighted by Crippen LogP contribution is -2.31. The van der Waals surface area contributed by atoms with Crippen LogP contribution in [0.3, 0.4) is 0 Å². The summed E-state index contributed by atoms with van der Waals surface area (Å²) >= 11 is 8.62. The summed E-state index contributed by atoms with van der Waals surface area (Å²) in [6.07, 6.45) is 7.77. The molecule has 0 saturated heterocycles. The highest BCUT2D eigenvalue weighted by Gasteiger charge is 2.36. The van der Waals surface area contributed by atoms with Gasteiger partial charge in [0.2, 0.25) is 0 Å². The highest BCUT2D eigenvalue weighted by Crippen LogP contribution is 2.38. The van der Waals surface area contributed by atoms with E-state index in [0.717, 1.165) is 34.4 Å². The van der Waals surface area contributed by atoms with E-state index in [1.807, 2.05) is 0 Å². The SMILES string of the molecule is COC1(c2nc(Cl)c(I)c(CC(C)C)n2)CCCCCC1. The highest BCUT2D eigenvalue weighted by atomic mass is 127. The molecule has 2 rings (SSSR count). The molecule has 1 aliphatic rings. The molecule has 0 amide bonds. The maximum Gasteiger partial charge on any atom is 0.162 e. The molecule has 118 valence electrons. The summed E-state index contributed by atoms with van der Waals surface area (Å²) < 4.78 is 6.89. The molecular weight excluding hydrogens is 399 g/mol. The van der Waals surface area contributed by atoms with Crippen LogP contribution < -0.4 is 0 Å². The van der Waals surface area contributed by atoms with Crippen LogP contribution in [0.5, 0.6) is 0 Å². The lowest BCUT2D eigenvalue weighted by molar-refractivity contribution is -0.0353. The molecule has 3 nitrogen and oxygen atoms in total. The fourth-order valence-electron chi connectivity index (χ4n) is 3.01. The first-order valence-corrected chi connectivity index (χ1v) is 9.22. The van der Waals surface area contributed by atoms with Crippen molar-refractivity contribution in [1.82, 2.24) is 9.97 Å². The molecule has 1 aromatic rings. The van der Waals surface area contributed by atoms with Crippen molar-refractivity contribution in [2.24, 2.45) is 5.92 Å². The number of aromatic nitrogens is 2. The number of hydrogen-bond acceptors (Lipinski definition) is 3. The molecule has 21 heavy (non-hydrogen) atoms. The third kappa shape index (κ3) is 4.08. The minimum atomic E-state index is -0.351.